The van der Waals surface area contributed by atoms with Crippen LogP contribution in [0, 0.1) is 0 Å². The molecule has 0 radical (unpaired) electrons. The van der Waals surface area contributed by atoms with Crippen LogP contribution >= 0.6 is 0 Å². The summed E-state index contributed by atoms with van der Waals surface area (Å²) in [7, 11) is 0. The molecular weight excluding hydrogens is 300 g/mol. The number of benzene rings is 1. The van der Waals surface area contributed by atoms with E-state index in [1.807, 2.05) is 36.5 Å². The topological polar surface area (TPSA) is 66.0 Å². The molecule has 1 aromatic carbocycles. The number of nitrogens with zero attached hydrogens (tertiary/aromatic N) is 1. The fourth-order valence-electron chi connectivity index (χ4n) is 2.61. The van der Waals surface area contributed by atoms with Crippen LogP contribution in [0.5, 0.6) is 0 Å². The van der Waals surface area contributed by atoms with Crippen molar-refractivity contribution in [1.82, 2.24) is 9.97 Å². The first-order valence-corrected chi connectivity index (χ1v) is 7.83. The third-order valence-electron chi connectivity index (χ3n) is 3.96. The number of carbonyl (C=O) groups excluding carboxylic acids is 1. The lowest BCUT2D eigenvalue weighted by molar-refractivity contribution is -0.112. The number of ketones is 1. The van der Waals surface area contributed by atoms with E-state index in [1.165, 1.54) is 6.92 Å². The van der Waals surface area contributed by atoms with Gasteiger partial charge in [-0.1, -0.05) is 18.2 Å². The number of aliphatic hydroxyl groups is 1. The summed E-state index contributed by atoms with van der Waals surface area (Å²) in [6.45, 7) is 5.06. The molecule has 2 heterocycles. The maximum Gasteiger partial charge on any atom is 0.152 e. The van der Waals surface area contributed by atoms with E-state index in [2.05, 4.69) is 9.97 Å². The Bertz CT molecular complexity index is 930. The van der Waals surface area contributed by atoms with Crippen LogP contribution in [0.15, 0.2) is 48.8 Å². The van der Waals surface area contributed by atoms with Gasteiger partial charge in [-0.2, -0.15) is 0 Å². The quantitative estimate of drug-likeness (QED) is 0.712. The molecule has 0 atom stereocenters. The van der Waals surface area contributed by atoms with E-state index in [4.69, 9.17) is 0 Å². The van der Waals surface area contributed by atoms with E-state index in [9.17, 15) is 9.90 Å². The monoisotopic (exact) mass is 320 g/mol. The smallest absolute Gasteiger partial charge is 0.152 e. The van der Waals surface area contributed by atoms with Crippen LogP contribution in [-0.4, -0.2) is 20.9 Å². The normalized spacial score (nSPS) is 12.2. The van der Waals surface area contributed by atoms with Crippen LogP contribution in [0.4, 0.5) is 0 Å². The van der Waals surface area contributed by atoms with Gasteiger partial charge in [0.2, 0.25) is 0 Å². The Labute approximate surface area is 140 Å². The van der Waals surface area contributed by atoms with Crippen LogP contribution in [0.25, 0.3) is 28.2 Å². The number of H-pyrrole nitrogens is 1. The molecular formula is C20H20N2O2. The average molecular weight is 320 g/mol. The summed E-state index contributed by atoms with van der Waals surface area (Å²) in [5.74, 6) is 0.00587. The Hall–Kier alpha value is -2.72. The molecule has 4 heteroatoms. The van der Waals surface area contributed by atoms with Gasteiger partial charge in [0, 0.05) is 28.9 Å². The van der Waals surface area contributed by atoms with Crippen molar-refractivity contribution < 1.29 is 9.90 Å². The highest BCUT2D eigenvalue weighted by Crippen LogP contribution is 2.28. The van der Waals surface area contributed by atoms with Gasteiger partial charge in [0.15, 0.2) is 5.78 Å². The Morgan fingerprint density at radius 2 is 2.04 bits per heavy atom. The number of rotatable bonds is 4. The number of aromatic nitrogens is 2. The lowest BCUT2D eigenvalue weighted by atomic mass is 9.94. The number of carbonyl (C=O) groups is 1. The maximum absolute atomic E-state index is 11.2. The minimum absolute atomic E-state index is 0.00587. The first kappa shape index (κ1) is 16.1. The molecule has 0 unspecified atom stereocenters. The second kappa shape index (κ2) is 6.06. The van der Waals surface area contributed by atoms with Crippen molar-refractivity contribution in [1.29, 1.82) is 0 Å². The van der Waals surface area contributed by atoms with E-state index in [-0.39, 0.29) is 5.78 Å². The van der Waals surface area contributed by atoms with Crippen molar-refractivity contribution in [2.24, 2.45) is 0 Å². The molecule has 122 valence electrons. The molecule has 2 N–H and O–H groups in total. The van der Waals surface area contributed by atoms with Gasteiger partial charge < -0.3 is 10.1 Å². The number of pyridine rings is 1. The minimum atomic E-state index is -0.892. The fourth-order valence-corrected chi connectivity index (χ4v) is 2.61. The number of nitrogens with one attached hydrogen (secondary N) is 1. The maximum atomic E-state index is 11.2. The fraction of sp³-hybridized carbons (Fsp3) is 0.200. The zero-order valence-corrected chi connectivity index (χ0v) is 14.0. The van der Waals surface area contributed by atoms with Crippen molar-refractivity contribution in [2.75, 3.05) is 0 Å². The van der Waals surface area contributed by atoms with Gasteiger partial charge in [0.05, 0.1) is 5.60 Å². The summed E-state index contributed by atoms with van der Waals surface area (Å²) < 4.78 is 0. The van der Waals surface area contributed by atoms with Crippen molar-refractivity contribution in [3.8, 4) is 11.1 Å². The predicted octanol–water partition coefficient (Wildman–Crippen LogP) is 4.06. The highest BCUT2D eigenvalue weighted by molar-refractivity contribution is 5.96. The van der Waals surface area contributed by atoms with Gasteiger partial charge in [-0.15, -0.1) is 0 Å². The second-order valence-electron chi connectivity index (χ2n) is 6.45. The van der Waals surface area contributed by atoms with Crippen LogP contribution in [-0.2, 0) is 10.4 Å². The van der Waals surface area contributed by atoms with Gasteiger partial charge in [-0.25, -0.2) is 4.98 Å². The predicted molar refractivity (Wildman–Crippen MR) is 96.5 cm³/mol. The van der Waals surface area contributed by atoms with Crippen LogP contribution in [0.3, 0.4) is 0 Å². The van der Waals surface area contributed by atoms with Gasteiger partial charge >= 0.3 is 0 Å². The molecule has 0 fully saturated rings. The Morgan fingerprint density at radius 3 is 2.75 bits per heavy atom. The summed E-state index contributed by atoms with van der Waals surface area (Å²) >= 11 is 0. The van der Waals surface area contributed by atoms with Crippen LogP contribution in [0.1, 0.15) is 31.9 Å². The number of aromatic amines is 1. The molecule has 0 aliphatic carbocycles. The Balaban J connectivity index is 2.08. The largest absolute Gasteiger partial charge is 0.386 e. The Kier molecular flexibility index (Phi) is 4.08. The second-order valence-corrected chi connectivity index (χ2v) is 6.45. The summed E-state index contributed by atoms with van der Waals surface area (Å²) in [5, 5.41) is 11.2. The van der Waals surface area contributed by atoms with Gasteiger partial charge in [0.25, 0.3) is 0 Å². The molecule has 4 nitrogen and oxygen atoms in total. The summed E-state index contributed by atoms with van der Waals surface area (Å²) in [4.78, 5) is 18.7. The van der Waals surface area contributed by atoms with Crippen molar-refractivity contribution in [2.45, 2.75) is 26.4 Å². The first-order chi connectivity index (χ1) is 11.3. The number of fused-ring (bicyclic) bond motifs is 1. The van der Waals surface area contributed by atoms with Crippen molar-refractivity contribution in [3.05, 3.63) is 59.9 Å². The number of hydrogen-bond donors (Lipinski definition) is 2. The van der Waals surface area contributed by atoms with E-state index >= 15 is 0 Å². The van der Waals surface area contributed by atoms with Crippen molar-refractivity contribution >= 4 is 22.9 Å². The lowest BCUT2D eigenvalue weighted by Crippen LogP contribution is -2.15. The minimum Gasteiger partial charge on any atom is -0.386 e. The van der Waals surface area contributed by atoms with Gasteiger partial charge in [-0.3, -0.25) is 4.79 Å². The molecule has 0 saturated heterocycles. The number of allylic oxidation sites excluding steroid dienone is 1. The van der Waals surface area contributed by atoms with Gasteiger partial charge in [-0.05, 0) is 56.2 Å². The molecule has 3 aromatic rings. The number of hydrogen-bond acceptors (Lipinski definition) is 3. The SMILES string of the molecule is CC(=O)/C=C/c1c[nH]c2ncc(-c3cccc(C(C)(C)O)c3)cc12. The molecule has 24 heavy (non-hydrogen) atoms. The molecule has 3 rings (SSSR count). The average Bonchev–Trinajstić information content (AvgIpc) is 2.94. The van der Waals surface area contributed by atoms with Crippen LogP contribution < -0.4 is 0 Å². The summed E-state index contributed by atoms with van der Waals surface area (Å²) in [6.07, 6.45) is 6.99. The zero-order chi connectivity index (χ0) is 17.3. The standard InChI is InChI=1S/C20H20N2O2/c1-13(23)7-8-15-11-21-19-18(15)10-16(12-22-19)14-5-4-6-17(9-14)20(2,3)24/h4-12,24H,1-3H3,(H,21,22)/b8-7+. The van der Waals surface area contributed by atoms with E-state index in [0.29, 0.717) is 0 Å². The van der Waals surface area contributed by atoms with Crippen LogP contribution in [0.2, 0.25) is 0 Å². The zero-order valence-electron chi connectivity index (χ0n) is 14.0. The Morgan fingerprint density at radius 1 is 1.25 bits per heavy atom. The van der Waals surface area contributed by atoms with E-state index < -0.39 is 5.60 Å². The molecule has 0 aliphatic rings. The summed E-state index contributed by atoms with van der Waals surface area (Å²) in [5.41, 5.74) is 3.62. The third kappa shape index (κ3) is 3.29. The molecule has 0 amide bonds. The molecule has 0 saturated carbocycles. The molecule has 0 aliphatic heterocycles. The lowest BCUT2D eigenvalue weighted by Gasteiger charge is -2.18. The highest BCUT2D eigenvalue weighted by atomic mass is 16.3. The third-order valence-corrected chi connectivity index (χ3v) is 3.96. The van der Waals surface area contributed by atoms with E-state index in [0.717, 1.165) is 33.3 Å². The highest BCUT2D eigenvalue weighted by Gasteiger charge is 2.16. The van der Waals surface area contributed by atoms with Gasteiger partial charge in [0.1, 0.15) is 5.65 Å². The molecule has 0 bridgehead atoms. The molecule has 0 spiro atoms. The summed E-state index contributed by atoms with van der Waals surface area (Å²) in [6, 6.07) is 9.85. The van der Waals surface area contributed by atoms with Crippen molar-refractivity contribution in [3.63, 3.8) is 0 Å². The first-order valence-electron chi connectivity index (χ1n) is 7.83. The molecule has 2 aromatic heterocycles. The van der Waals surface area contributed by atoms with E-state index in [1.54, 1.807) is 32.2 Å².